The summed E-state index contributed by atoms with van der Waals surface area (Å²) in [5, 5.41) is 0. The summed E-state index contributed by atoms with van der Waals surface area (Å²) in [5.74, 6) is 0. The summed E-state index contributed by atoms with van der Waals surface area (Å²) >= 11 is 3.89. The van der Waals surface area contributed by atoms with Crippen molar-refractivity contribution in [2.75, 3.05) is 0 Å². The van der Waals surface area contributed by atoms with E-state index in [1.807, 2.05) is 42.5 Å². The van der Waals surface area contributed by atoms with Crippen LogP contribution >= 0.6 is 15.9 Å². The van der Waals surface area contributed by atoms with E-state index in [2.05, 4.69) is 466 Å². The van der Waals surface area contributed by atoms with E-state index < -0.39 is 0 Å². The molecule has 4 nitrogen and oxygen atoms in total. The molecule has 0 atom stereocenters. The summed E-state index contributed by atoms with van der Waals surface area (Å²) in [6.07, 6.45) is 0. The Hall–Kier alpha value is -15.4. The van der Waals surface area contributed by atoms with Crippen molar-refractivity contribution in [2.24, 2.45) is 0 Å². The van der Waals surface area contributed by atoms with Gasteiger partial charge in [0.2, 0.25) is 0 Å². The van der Waals surface area contributed by atoms with Crippen molar-refractivity contribution < 1.29 is 0 Å². The molecule has 4 heterocycles. The fraction of sp³-hybridized carbons (Fsp3) is 0.00855. The molecule has 0 unspecified atom stereocenters. The Labute approximate surface area is 723 Å². The van der Waals surface area contributed by atoms with Crippen molar-refractivity contribution in [2.45, 2.75) is 6.92 Å². The maximum absolute atomic E-state index is 5.27. The van der Waals surface area contributed by atoms with Crippen molar-refractivity contribution >= 4 is 15.9 Å². The first-order valence-corrected chi connectivity index (χ1v) is 42.0. The summed E-state index contributed by atoms with van der Waals surface area (Å²) in [7, 11) is 0. The van der Waals surface area contributed by atoms with Crippen LogP contribution in [0.25, 0.3) is 190 Å². The number of nitrogens with zero attached hydrogens (tertiary/aromatic N) is 4. The first-order chi connectivity index (χ1) is 60.2. The summed E-state index contributed by atoms with van der Waals surface area (Å²) in [6.45, 7) is 2.08. The molecule has 0 radical (unpaired) electrons. The zero-order valence-corrected chi connectivity index (χ0v) is 68.9. The van der Waals surface area contributed by atoms with E-state index in [4.69, 9.17) is 19.9 Å². The standard InChI is InChI=1S/C58H40N2.C52H35BrN2.C7H8/c1-6-16-41(17-7-1)44-26-30-48(31-27-44)57-39-53(37-55(59-57)46-22-12-4-13-23-46)51-34-50(43-20-10-3-11-21-43)35-52(36-51)54-38-56(47-24-14-5-15-25-47)60-58(40-54)49-32-28-45(29-33-49)42-18-8-2-9-19-42;53-48-30-44(46-32-49(40-17-9-3-10-18-40)54-51(34-46)42-25-21-38(22-26-42)36-13-5-1-6-14-36)29-45(31-48)47-33-50(41-19-11-4-12-20-41)55-52(35-47)43-27-23-39(24-28-43)37-15-7-2-8-16-37;1-7-5-3-2-4-6-7/h1-40H;1-35H;2-6H,1H3. The fourth-order valence-corrected chi connectivity index (χ4v) is 16.0. The van der Waals surface area contributed by atoms with Crippen LogP contribution in [0.2, 0.25) is 0 Å². The Kier molecular flexibility index (Phi) is 23.6. The highest BCUT2D eigenvalue weighted by Crippen LogP contribution is 2.42. The minimum Gasteiger partial charge on any atom is -0.248 e. The predicted molar refractivity (Wildman–Crippen MR) is 515 cm³/mol. The molecule has 0 aliphatic heterocycles. The minimum atomic E-state index is 0.925. The molecule has 0 aliphatic rings. The lowest BCUT2D eigenvalue weighted by atomic mass is 9.91. The number of benzene rings is 16. The second-order valence-electron chi connectivity index (χ2n) is 30.3. The van der Waals surface area contributed by atoms with E-state index in [9.17, 15) is 0 Å². The maximum Gasteiger partial charge on any atom is 0.0715 e. The molecule has 578 valence electrons. The predicted octanol–water partition coefficient (Wildman–Crippen LogP) is 32.0. The number of aryl methyl sites for hydroxylation is 1. The van der Waals surface area contributed by atoms with Gasteiger partial charge in [0.25, 0.3) is 0 Å². The summed E-state index contributed by atoms with van der Waals surface area (Å²) in [4.78, 5) is 20.9. The zero-order valence-electron chi connectivity index (χ0n) is 67.4. The molecule has 0 aliphatic carbocycles. The van der Waals surface area contributed by atoms with Crippen LogP contribution in [-0.4, -0.2) is 19.9 Å². The highest BCUT2D eigenvalue weighted by atomic mass is 79.9. The third-order valence-electron chi connectivity index (χ3n) is 21.9. The van der Waals surface area contributed by atoms with Crippen molar-refractivity contribution in [1.82, 2.24) is 19.9 Å². The van der Waals surface area contributed by atoms with Gasteiger partial charge in [-0.3, -0.25) is 0 Å². The third kappa shape index (κ3) is 18.8. The van der Waals surface area contributed by atoms with Crippen molar-refractivity contribution in [3.63, 3.8) is 0 Å². The van der Waals surface area contributed by atoms with Crippen LogP contribution in [0.4, 0.5) is 0 Å². The molecule has 16 aromatic carbocycles. The van der Waals surface area contributed by atoms with Gasteiger partial charge in [-0.1, -0.05) is 422 Å². The second kappa shape index (κ2) is 37.0. The Morgan fingerprint density at radius 1 is 0.123 bits per heavy atom. The number of halogens is 1. The number of aromatic nitrogens is 4. The number of hydrogen-bond donors (Lipinski definition) is 0. The van der Waals surface area contributed by atoms with E-state index >= 15 is 0 Å². The molecule has 20 rings (SSSR count). The molecular formula is C117H83BrN4. The molecule has 0 saturated heterocycles. The van der Waals surface area contributed by atoms with E-state index in [0.29, 0.717) is 0 Å². The van der Waals surface area contributed by atoms with E-state index in [0.717, 1.165) is 150 Å². The molecule has 0 amide bonds. The van der Waals surface area contributed by atoms with Crippen molar-refractivity contribution in [3.05, 3.63) is 495 Å². The van der Waals surface area contributed by atoms with Crippen LogP contribution in [0.3, 0.4) is 0 Å². The summed E-state index contributed by atoms with van der Waals surface area (Å²) < 4.78 is 0.999. The van der Waals surface area contributed by atoms with E-state index in [1.54, 1.807) is 0 Å². The topological polar surface area (TPSA) is 51.6 Å². The number of hydrogen-bond acceptors (Lipinski definition) is 4. The SMILES string of the molecule is Brc1cc(-c2cc(-c3ccccc3)nc(-c3ccc(-c4ccccc4)cc3)c2)cc(-c2cc(-c3ccccc3)nc(-c3ccc(-c4ccccc4)cc3)c2)c1.Cc1ccccc1.c1ccc(-c2ccc(-c3cc(-c4cc(-c5ccccc5)cc(-c5cc(-c6ccccc6)nc(-c6ccc(-c7ccccc7)cc6)c5)c4)cc(-c4ccccc4)n3)cc2)cc1. The first kappa shape index (κ1) is 77.8. The molecule has 0 saturated carbocycles. The second-order valence-corrected chi connectivity index (χ2v) is 31.2. The maximum atomic E-state index is 5.27. The van der Waals surface area contributed by atoms with Gasteiger partial charge in [0.15, 0.2) is 0 Å². The molecule has 5 heteroatoms. The van der Waals surface area contributed by atoms with E-state index in [1.165, 1.54) is 50.1 Å². The lowest BCUT2D eigenvalue weighted by Gasteiger charge is -2.15. The van der Waals surface area contributed by atoms with Crippen molar-refractivity contribution in [1.29, 1.82) is 0 Å². The molecule has 20 aromatic rings. The average Bonchev–Trinajstić information content (AvgIpc) is 0.784. The van der Waals surface area contributed by atoms with Gasteiger partial charge < -0.3 is 0 Å². The lowest BCUT2D eigenvalue weighted by Crippen LogP contribution is -1.94. The Morgan fingerprint density at radius 3 is 0.426 bits per heavy atom. The van der Waals surface area contributed by atoms with Crippen LogP contribution in [0.1, 0.15) is 5.56 Å². The molecule has 0 fully saturated rings. The van der Waals surface area contributed by atoms with Crippen LogP contribution in [0.15, 0.2) is 490 Å². The number of rotatable bonds is 17. The quantitative estimate of drug-likeness (QED) is 0.0912. The Balaban J connectivity index is 0.000000155. The molecule has 0 N–H and O–H groups in total. The van der Waals surface area contributed by atoms with Gasteiger partial charge >= 0.3 is 0 Å². The van der Waals surface area contributed by atoms with Crippen LogP contribution in [0, 0.1) is 6.92 Å². The lowest BCUT2D eigenvalue weighted by molar-refractivity contribution is 1.32. The average molecular weight is 1620 g/mol. The van der Waals surface area contributed by atoms with Gasteiger partial charge in [-0.05, 0) is 192 Å². The minimum absolute atomic E-state index is 0.925. The third-order valence-corrected chi connectivity index (χ3v) is 22.4. The molecule has 4 aromatic heterocycles. The summed E-state index contributed by atoms with van der Waals surface area (Å²) in [5.41, 5.74) is 37.9. The zero-order chi connectivity index (χ0) is 82.2. The van der Waals surface area contributed by atoms with Crippen LogP contribution in [-0.2, 0) is 0 Å². The molecule has 0 spiro atoms. The van der Waals surface area contributed by atoms with Gasteiger partial charge in [-0.25, -0.2) is 19.9 Å². The first-order valence-electron chi connectivity index (χ1n) is 41.2. The molecule has 122 heavy (non-hydrogen) atoms. The monoisotopic (exact) mass is 1620 g/mol. The van der Waals surface area contributed by atoms with Gasteiger partial charge in [-0.15, -0.1) is 0 Å². The van der Waals surface area contributed by atoms with Crippen LogP contribution < -0.4 is 0 Å². The Morgan fingerprint density at radius 2 is 0.246 bits per heavy atom. The highest BCUT2D eigenvalue weighted by Gasteiger charge is 2.19. The smallest absolute Gasteiger partial charge is 0.0715 e. The van der Waals surface area contributed by atoms with Crippen molar-refractivity contribution in [3.8, 4) is 190 Å². The highest BCUT2D eigenvalue weighted by molar-refractivity contribution is 9.10. The number of pyridine rings is 4. The van der Waals surface area contributed by atoms with Gasteiger partial charge in [0.1, 0.15) is 0 Å². The fourth-order valence-electron chi connectivity index (χ4n) is 15.5. The summed E-state index contributed by atoms with van der Waals surface area (Å²) in [6, 6.07) is 171. The largest absolute Gasteiger partial charge is 0.248 e. The van der Waals surface area contributed by atoms with Gasteiger partial charge in [-0.2, -0.15) is 0 Å². The Bertz CT molecular complexity index is 6510. The van der Waals surface area contributed by atoms with Gasteiger partial charge in [0, 0.05) is 49.0 Å². The molecular weight excluding hydrogens is 1540 g/mol. The van der Waals surface area contributed by atoms with Crippen LogP contribution in [0.5, 0.6) is 0 Å². The normalized spacial score (nSPS) is 10.9. The molecule has 0 bridgehead atoms. The van der Waals surface area contributed by atoms with Gasteiger partial charge in [0.05, 0.1) is 45.6 Å². The van der Waals surface area contributed by atoms with E-state index in [-0.39, 0.29) is 0 Å².